The van der Waals surface area contributed by atoms with Crippen molar-refractivity contribution in [3.63, 3.8) is 0 Å². The van der Waals surface area contributed by atoms with Crippen molar-refractivity contribution in [3.8, 4) is 16.3 Å². The zero-order valence-corrected chi connectivity index (χ0v) is 14.5. The molecule has 2 aromatic heterocycles. The summed E-state index contributed by atoms with van der Waals surface area (Å²) in [7, 11) is 0. The summed E-state index contributed by atoms with van der Waals surface area (Å²) in [6.07, 6.45) is 6.68. The molecule has 132 valence electrons. The van der Waals surface area contributed by atoms with Gasteiger partial charge in [-0.25, -0.2) is 9.78 Å². The zero-order valence-electron chi connectivity index (χ0n) is 13.7. The molecule has 2 aromatic rings. The summed E-state index contributed by atoms with van der Waals surface area (Å²) in [6.45, 7) is 0.698. The van der Waals surface area contributed by atoms with E-state index in [4.69, 9.17) is 16.2 Å². The first-order valence-electron chi connectivity index (χ1n) is 8.12. The van der Waals surface area contributed by atoms with Crippen LogP contribution in [0, 0.1) is 5.92 Å². The van der Waals surface area contributed by atoms with Crippen molar-refractivity contribution in [3.05, 3.63) is 30.0 Å². The molecule has 0 radical (unpaired) electrons. The predicted molar refractivity (Wildman–Crippen MR) is 96.7 cm³/mol. The Hall–Kier alpha value is -2.61. The van der Waals surface area contributed by atoms with E-state index in [-0.39, 0.29) is 5.56 Å². The quantitative estimate of drug-likeness (QED) is 0.733. The first-order valence-corrected chi connectivity index (χ1v) is 8.94. The Balaban J connectivity index is 1.72. The lowest BCUT2D eigenvalue weighted by molar-refractivity contribution is 0.100. The smallest absolute Gasteiger partial charge is 0.317 e. The van der Waals surface area contributed by atoms with Crippen LogP contribution in [-0.2, 0) is 0 Å². The standard InChI is InChI=1S/C17H20N4O3S/c18-15(22)12-7-13(25-16(12)21-17(19)23)11-5-6-14(20-8-11)24-9-10-3-1-2-4-10/h5-8,10H,1-4,9H2,(H2,18,22)(H3,19,21,23). The van der Waals surface area contributed by atoms with E-state index in [1.165, 1.54) is 37.0 Å². The number of hydrogen-bond donors (Lipinski definition) is 3. The first-order chi connectivity index (χ1) is 12.0. The van der Waals surface area contributed by atoms with Crippen LogP contribution >= 0.6 is 11.3 Å². The van der Waals surface area contributed by atoms with Gasteiger partial charge < -0.3 is 16.2 Å². The van der Waals surface area contributed by atoms with Gasteiger partial charge in [0.15, 0.2) is 0 Å². The van der Waals surface area contributed by atoms with Crippen LogP contribution in [0.5, 0.6) is 5.88 Å². The van der Waals surface area contributed by atoms with Gasteiger partial charge in [0.2, 0.25) is 5.88 Å². The van der Waals surface area contributed by atoms with Crippen LogP contribution in [0.3, 0.4) is 0 Å². The number of primary amides is 2. The molecule has 0 aliphatic heterocycles. The predicted octanol–water partition coefficient (Wildman–Crippen LogP) is 2.97. The number of hydrogen-bond acceptors (Lipinski definition) is 5. The van der Waals surface area contributed by atoms with Gasteiger partial charge in [0, 0.05) is 22.7 Å². The number of nitrogens with zero attached hydrogens (tertiary/aromatic N) is 1. The van der Waals surface area contributed by atoms with Gasteiger partial charge in [-0.15, -0.1) is 11.3 Å². The molecule has 8 heteroatoms. The third-order valence-electron chi connectivity index (χ3n) is 4.20. The van der Waals surface area contributed by atoms with E-state index in [1.54, 1.807) is 18.3 Å². The van der Waals surface area contributed by atoms with Crippen LogP contribution in [0.2, 0.25) is 0 Å². The van der Waals surface area contributed by atoms with Crippen molar-refractivity contribution in [2.24, 2.45) is 17.4 Å². The number of amides is 3. The highest BCUT2D eigenvalue weighted by molar-refractivity contribution is 7.20. The minimum atomic E-state index is -0.746. The van der Waals surface area contributed by atoms with E-state index in [1.807, 2.05) is 6.07 Å². The highest BCUT2D eigenvalue weighted by Crippen LogP contribution is 2.35. The number of carbonyl (C=O) groups is 2. The van der Waals surface area contributed by atoms with Gasteiger partial charge in [0.1, 0.15) is 5.00 Å². The molecule has 0 saturated heterocycles. The third-order valence-corrected chi connectivity index (χ3v) is 5.30. The number of ether oxygens (including phenoxy) is 1. The zero-order chi connectivity index (χ0) is 17.8. The molecule has 0 spiro atoms. The van der Waals surface area contributed by atoms with E-state index in [0.29, 0.717) is 23.4 Å². The molecule has 1 saturated carbocycles. The number of anilines is 1. The van der Waals surface area contributed by atoms with Crippen molar-refractivity contribution in [1.29, 1.82) is 0 Å². The van der Waals surface area contributed by atoms with Crippen molar-refractivity contribution < 1.29 is 14.3 Å². The Morgan fingerprint density at radius 2 is 2.04 bits per heavy atom. The number of pyridine rings is 1. The lowest BCUT2D eigenvalue weighted by Crippen LogP contribution is -2.21. The monoisotopic (exact) mass is 360 g/mol. The molecule has 1 aliphatic rings. The summed E-state index contributed by atoms with van der Waals surface area (Å²) >= 11 is 1.22. The maximum absolute atomic E-state index is 11.5. The molecule has 3 rings (SSSR count). The van der Waals surface area contributed by atoms with Gasteiger partial charge in [-0.3, -0.25) is 10.1 Å². The Bertz CT molecular complexity index is 767. The molecule has 5 N–H and O–H groups in total. The van der Waals surface area contributed by atoms with E-state index >= 15 is 0 Å². The van der Waals surface area contributed by atoms with Gasteiger partial charge in [-0.2, -0.15) is 0 Å². The Morgan fingerprint density at radius 3 is 2.64 bits per heavy atom. The summed E-state index contributed by atoms with van der Waals surface area (Å²) in [4.78, 5) is 27.6. The Labute approximate surface area is 149 Å². The second-order valence-corrected chi connectivity index (χ2v) is 7.11. The number of aromatic nitrogens is 1. The lowest BCUT2D eigenvalue weighted by atomic mass is 10.1. The SMILES string of the molecule is NC(=O)Nc1sc(-c2ccc(OCC3CCCC3)nc2)cc1C(N)=O. The first kappa shape index (κ1) is 17.2. The second-order valence-electron chi connectivity index (χ2n) is 6.05. The fourth-order valence-electron chi connectivity index (χ4n) is 2.91. The van der Waals surface area contributed by atoms with Crippen LogP contribution in [0.4, 0.5) is 9.80 Å². The molecule has 1 aliphatic carbocycles. The average molecular weight is 360 g/mol. The topological polar surface area (TPSA) is 120 Å². The summed E-state index contributed by atoms with van der Waals surface area (Å²) in [6, 6.07) is 4.54. The number of rotatable bonds is 6. The van der Waals surface area contributed by atoms with E-state index in [0.717, 1.165) is 10.4 Å². The normalized spacial score (nSPS) is 14.4. The fourth-order valence-corrected chi connectivity index (χ4v) is 3.97. The van der Waals surface area contributed by atoms with Crippen LogP contribution in [-0.4, -0.2) is 23.5 Å². The highest BCUT2D eigenvalue weighted by Gasteiger charge is 2.17. The second kappa shape index (κ2) is 7.52. The molecule has 7 nitrogen and oxygen atoms in total. The number of nitrogens with two attached hydrogens (primary N) is 2. The molecule has 2 heterocycles. The summed E-state index contributed by atoms with van der Waals surface area (Å²) < 4.78 is 5.75. The Kier molecular flexibility index (Phi) is 5.18. The number of urea groups is 1. The van der Waals surface area contributed by atoms with Gasteiger partial charge in [0.05, 0.1) is 12.2 Å². The molecule has 0 bridgehead atoms. The molecule has 0 unspecified atom stereocenters. The summed E-state index contributed by atoms with van der Waals surface area (Å²) in [5.41, 5.74) is 11.5. The van der Waals surface area contributed by atoms with Crippen molar-refractivity contribution in [2.45, 2.75) is 25.7 Å². The van der Waals surface area contributed by atoms with E-state index in [2.05, 4.69) is 10.3 Å². The van der Waals surface area contributed by atoms with Crippen LogP contribution in [0.1, 0.15) is 36.0 Å². The average Bonchev–Trinajstić information content (AvgIpc) is 3.22. The van der Waals surface area contributed by atoms with Crippen molar-refractivity contribution in [1.82, 2.24) is 4.98 Å². The molecular formula is C17H20N4O3S. The van der Waals surface area contributed by atoms with Crippen LogP contribution < -0.4 is 21.5 Å². The van der Waals surface area contributed by atoms with E-state index in [9.17, 15) is 9.59 Å². The molecule has 0 aromatic carbocycles. The highest BCUT2D eigenvalue weighted by atomic mass is 32.1. The number of thiophene rings is 1. The maximum Gasteiger partial charge on any atom is 0.317 e. The van der Waals surface area contributed by atoms with Gasteiger partial charge in [0.25, 0.3) is 5.91 Å². The number of nitrogens with one attached hydrogen (secondary N) is 1. The molecular weight excluding hydrogens is 340 g/mol. The molecule has 0 atom stereocenters. The van der Waals surface area contributed by atoms with Crippen LogP contribution in [0.25, 0.3) is 10.4 Å². The van der Waals surface area contributed by atoms with Gasteiger partial charge >= 0.3 is 6.03 Å². The number of carbonyl (C=O) groups excluding carboxylic acids is 2. The molecule has 25 heavy (non-hydrogen) atoms. The van der Waals surface area contributed by atoms with E-state index < -0.39 is 11.9 Å². The fraction of sp³-hybridized carbons (Fsp3) is 0.353. The Morgan fingerprint density at radius 1 is 1.28 bits per heavy atom. The van der Waals surface area contributed by atoms with Crippen molar-refractivity contribution in [2.75, 3.05) is 11.9 Å². The van der Waals surface area contributed by atoms with Crippen LogP contribution in [0.15, 0.2) is 24.4 Å². The minimum Gasteiger partial charge on any atom is -0.477 e. The summed E-state index contributed by atoms with van der Waals surface area (Å²) in [5.74, 6) is 0.577. The largest absolute Gasteiger partial charge is 0.477 e. The third kappa shape index (κ3) is 4.27. The van der Waals surface area contributed by atoms with Gasteiger partial charge in [-0.05, 0) is 30.9 Å². The summed E-state index contributed by atoms with van der Waals surface area (Å²) in [5, 5.41) is 2.75. The lowest BCUT2D eigenvalue weighted by Gasteiger charge is -2.10. The maximum atomic E-state index is 11.5. The van der Waals surface area contributed by atoms with Crippen molar-refractivity contribution >= 4 is 28.3 Å². The van der Waals surface area contributed by atoms with Gasteiger partial charge in [-0.1, -0.05) is 12.8 Å². The minimum absolute atomic E-state index is 0.223. The molecule has 1 fully saturated rings. The molecule has 3 amide bonds.